The molecule has 0 saturated heterocycles. The van der Waals surface area contributed by atoms with Gasteiger partial charge in [-0.2, -0.15) is 0 Å². The van der Waals surface area contributed by atoms with Crippen molar-refractivity contribution in [1.29, 1.82) is 0 Å². The minimum atomic E-state index is 0.912. The SMILES string of the molecule is CCCCCCCCC(C)CCCc1ccccc1. The summed E-state index contributed by atoms with van der Waals surface area (Å²) in [5.41, 5.74) is 1.49. The maximum atomic E-state index is 2.43. The van der Waals surface area contributed by atoms with E-state index in [1.807, 2.05) is 0 Å². The van der Waals surface area contributed by atoms with Crippen LogP contribution in [0.3, 0.4) is 0 Å². The van der Waals surface area contributed by atoms with Gasteiger partial charge >= 0.3 is 0 Å². The summed E-state index contributed by atoms with van der Waals surface area (Å²) in [7, 11) is 0. The van der Waals surface area contributed by atoms with Crippen molar-refractivity contribution < 1.29 is 0 Å². The van der Waals surface area contributed by atoms with Gasteiger partial charge in [0.05, 0.1) is 0 Å². The van der Waals surface area contributed by atoms with Crippen molar-refractivity contribution in [2.45, 2.75) is 78.1 Å². The first-order valence-electron chi connectivity index (χ1n) is 8.37. The van der Waals surface area contributed by atoms with Crippen LogP contribution in [0.2, 0.25) is 0 Å². The van der Waals surface area contributed by atoms with Gasteiger partial charge in [-0.1, -0.05) is 95.5 Å². The number of rotatable bonds is 11. The van der Waals surface area contributed by atoms with Crippen molar-refractivity contribution in [3.8, 4) is 0 Å². The second kappa shape index (κ2) is 11.1. The van der Waals surface area contributed by atoms with Crippen LogP contribution in [0, 0.1) is 5.92 Å². The Morgan fingerprint density at radius 1 is 0.789 bits per heavy atom. The van der Waals surface area contributed by atoms with Gasteiger partial charge < -0.3 is 0 Å². The van der Waals surface area contributed by atoms with Gasteiger partial charge in [-0.05, 0) is 24.3 Å². The number of hydrogen-bond donors (Lipinski definition) is 0. The van der Waals surface area contributed by atoms with Crippen LogP contribution in [0.15, 0.2) is 30.3 Å². The Bertz CT molecular complexity index is 288. The van der Waals surface area contributed by atoms with Gasteiger partial charge in [-0.15, -0.1) is 0 Å². The molecule has 19 heavy (non-hydrogen) atoms. The molecule has 0 aliphatic carbocycles. The quantitative estimate of drug-likeness (QED) is 0.404. The lowest BCUT2D eigenvalue weighted by Gasteiger charge is -2.11. The molecule has 1 aromatic carbocycles. The van der Waals surface area contributed by atoms with Crippen LogP contribution < -0.4 is 0 Å². The molecule has 1 rings (SSSR count). The molecule has 0 fully saturated rings. The highest BCUT2D eigenvalue weighted by molar-refractivity contribution is 5.14. The molecule has 1 aromatic rings. The Balaban J connectivity index is 1.94. The molecule has 0 spiro atoms. The maximum absolute atomic E-state index is 2.43. The van der Waals surface area contributed by atoms with E-state index < -0.39 is 0 Å². The third-order valence-corrected chi connectivity index (χ3v) is 4.06. The third-order valence-electron chi connectivity index (χ3n) is 4.06. The molecule has 0 aromatic heterocycles. The van der Waals surface area contributed by atoms with Gasteiger partial charge in [0.2, 0.25) is 0 Å². The van der Waals surface area contributed by atoms with Crippen molar-refractivity contribution in [1.82, 2.24) is 0 Å². The number of hydrogen-bond acceptors (Lipinski definition) is 0. The van der Waals surface area contributed by atoms with E-state index in [0.29, 0.717) is 0 Å². The minimum absolute atomic E-state index is 0.912. The van der Waals surface area contributed by atoms with E-state index in [1.54, 1.807) is 0 Å². The fraction of sp³-hybridized carbons (Fsp3) is 0.684. The Morgan fingerprint density at radius 2 is 1.42 bits per heavy atom. The smallest absolute Gasteiger partial charge is 0.0279 e. The second-order valence-electron chi connectivity index (χ2n) is 6.04. The van der Waals surface area contributed by atoms with Crippen LogP contribution in [0.25, 0.3) is 0 Å². The van der Waals surface area contributed by atoms with Crippen LogP contribution in [0.5, 0.6) is 0 Å². The lowest BCUT2D eigenvalue weighted by atomic mass is 9.95. The Morgan fingerprint density at radius 3 is 2.16 bits per heavy atom. The molecule has 0 bridgehead atoms. The van der Waals surface area contributed by atoms with E-state index in [2.05, 4.69) is 44.2 Å². The van der Waals surface area contributed by atoms with Crippen LogP contribution in [-0.2, 0) is 6.42 Å². The van der Waals surface area contributed by atoms with Crippen LogP contribution in [0.1, 0.15) is 77.2 Å². The van der Waals surface area contributed by atoms with Crippen molar-refractivity contribution in [3.05, 3.63) is 35.9 Å². The molecule has 108 valence electrons. The zero-order valence-electron chi connectivity index (χ0n) is 13.0. The summed E-state index contributed by atoms with van der Waals surface area (Å²) in [6.07, 6.45) is 14.0. The van der Waals surface area contributed by atoms with Gasteiger partial charge in [-0.3, -0.25) is 0 Å². The Labute approximate surface area is 120 Å². The molecular weight excluding hydrogens is 228 g/mol. The van der Waals surface area contributed by atoms with Crippen LogP contribution in [-0.4, -0.2) is 0 Å². The molecule has 0 nitrogen and oxygen atoms in total. The van der Waals surface area contributed by atoms with Crippen molar-refractivity contribution in [2.75, 3.05) is 0 Å². The molecule has 0 saturated carbocycles. The van der Waals surface area contributed by atoms with Crippen molar-refractivity contribution >= 4 is 0 Å². The first-order chi connectivity index (χ1) is 9.33. The Hall–Kier alpha value is -0.780. The zero-order chi connectivity index (χ0) is 13.8. The molecule has 0 aliphatic rings. The van der Waals surface area contributed by atoms with Crippen molar-refractivity contribution in [3.63, 3.8) is 0 Å². The lowest BCUT2D eigenvalue weighted by molar-refractivity contribution is 0.444. The number of benzene rings is 1. The van der Waals surface area contributed by atoms with E-state index in [1.165, 1.54) is 69.8 Å². The molecule has 0 aliphatic heterocycles. The molecule has 0 radical (unpaired) electrons. The average molecular weight is 260 g/mol. The molecule has 0 heterocycles. The highest BCUT2D eigenvalue weighted by atomic mass is 14.1. The summed E-state index contributed by atoms with van der Waals surface area (Å²) < 4.78 is 0. The zero-order valence-corrected chi connectivity index (χ0v) is 13.0. The van der Waals surface area contributed by atoms with Crippen LogP contribution >= 0.6 is 0 Å². The van der Waals surface area contributed by atoms with E-state index in [4.69, 9.17) is 0 Å². The van der Waals surface area contributed by atoms with E-state index in [9.17, 15) is 0 Å². The monoisotopic (exact) mass is 260 g/mol. The van der Waals surface area contributed by atoms with Gasteiger partial charge in [0.1, 0.15) is 0 Å². The topological polar surface area (TPSA) is 0 Å². The number of aryl methyl sites for hydroxylation is 1. The molecule has 0 amide bonds. The van der Waals surface area contributed by atoms with Gasteiger partial charge in [0.25, 0.3) is 0 Å². The first-order valence-corrected chi connectivity index (χ1v) is 8.37. The standard InChI is InChI=1S/C19H32/c1-3-4-5-6-7-9-13-18(2)14-12-17-19-15-10-8-11-16-19/h8,10-11,15-16,18H,3-7,9,12-14,17H2,1-2H3. The summed E-state index contributed by atoms with van der Waals surface area (Å²) >= 11 is 0. The molecule has 1 unspecified atom stereocenters. The molecule has 0 heteroatoms. The molecular formula is C19H32. The lowest BCUT2D eigenvalue weighted by Crippen LogP contribution is -1.96. The largest absolute Gasteiger partial charge is 0.0654 e. The first kappa shape index (κ1) is 16.3. The summed E-state index contributed by atoms with van der Waals surface area (Å²) in [6, 6.07) is 10.9. The van der Waals surface area contributed by atoms with Gasteiger partial charge in [0, 0.05) is 0 Å². The number of unbranched alkanes of at least 4 members (excludes halogenated alkanes) is 5. The second-order valence-corrected chi connectivity index (χ2v) is 6.04. The third kappa shape index (κ3) is 8.86. The molecule has 0 N–H and O–H groups in total. The van der Waals surface area contributed by atoms with Gasteiger partial charge in [-0.25, -0.2) is 0 Å². The minimum Gasteiger partial charge on any atom is -0.0654 e. The van der Waals surface area contributed by atoms with Crippen LogP contribution in [0.4, 0.5) is 0 Å². The average Bonchev–Trinajstić information content (AvgIpc) is 2.44. The maximum Gasteiger partial charge on any atom is -0.0279 e. The fourth-order valence-corrected chi connectivity index (χ4v) is 2.72. The fourth-order valence-electron chi connectivity index (χ4n) is 2.72. The highest BCUT2D eigenvalue weighted by Crippen LogP contribution is 2.17. The predicted molar refractivity (Wildman–Crippen MR) is 86.5 cm³/mol. The summed E-state index contributed by atoms with van der Waals surface area (Å²) in [6.45, 7) is 4.71. The van der Waals surface area contributed by atoms with E-state index >= 15 is 0 Å². The Kier molecular flexibility index (Phi) is 9.49. The van der Waals surface area contributed by atoms with E-state index in [0.717, 1.165) is 5.92 Å². The summed E-state index contributed by atoms with van der Waals surface area (Å²) in [5.74, 6) is 0.912. The summed E-state index contributed by atoms with van der Waals surface area (Å²) in [4.78, 5) is 0. The van der Waals surface area contributed by atoms with Gasteiger partial charge in [0.15, 0.2) is 0 Å². The van der Waals surface area contributed by atoms with Crippen molar-refractivity contribution in [2.24, 2.45) is 5.92 Å². The summed E-state index contributed by atoms with van der Waals surface area (Å²) in [5, 5.41) is 0. The molecule has 1 atom stereocenters. The highest BCUT2D eigenvalue weighted by Gasteiger charge is 2.02. The predicted octanol–water partition coefficient (Wildman–Crippen LogP) is 6.40. The van der Waals surface area contributed by atoms with E-state index in [-0.39, 0.29) is 0 Å². The normalized spacial score (nSPS) is 12.5.